The Balaban J connectivity index is 1.30. The Morgan fingerprint density at radius 3 is 2.37 bits per heavy atom. The Hall–Kier alpha value is -3.68. The number of urea groups is 1. The van der Waals surface area contributed by atoms with Crippen LogP contribution in [0.2, 0.25) is 0 Å². The molecule has 1 aliphatic rings. The number of carbonyl (C=O) groups is 1. The maximum Gasteiger partial charge on any atom is 0.320 e. The van der Waals surface area contributed by atoms with Crippen LogP contribution in [0, 0.1) is 5.82 Å². The number of halogens is 1. The van der Waals surface area contributed by atoms with Crippen LogP contribution in [-0.4, -0.2) is 42.2 Å². The van der Waals surface area contributed by atoms with Crippen LogP contribution in [0.3, 0.4) is 0 Å². The second-order valence-electron chi connectivity index (χ2n) is 7.01. The molecule has 0 saturated carbocycles. The maximum atomic E-state index is 13.0. The van der Waals surface area contributed by atoms with E-state index in [4.69, 9.17) is 0 Å². The van der Waals surface area contributed by atoms with Gasteiger partial charge in [-0.1, -0.05) is 30.3 Å². The van der Waals surface area contributed by atoms with Crippen molar-refractivity contribution in [1.82, 2.24) is 15.3 Å². The van der Waals surface area contributed by atoms with Gasteiger partial charge in [-0.25, -0.2) is 19.2 Å². The average molecular weight is 406 g/mol. The molecule has 0 radical (unpaired) electrons. The van der Waals surface area contributed by atoms with Crippen LogP contribution in [-0.2, 0) is 6.54 Å². The molecule has 1 saturated heterocycles. The summed E-state index contributed by atoms with van der Waals surface area (Å²) in [7, 11) is 0. The van der Waals surface area contributed by atoms with Crippen molar-refractivity contribution in [1.29, 1.82) is 0 Å². The summed E-state index contributed by atoms with van der Waals surface area (Å²) in [5.74, 6) is 0.912. The first-order valence-electron chi connectivity index (χ1n) is 9.84. The van der Waals surface area contributed by atoms with Crippen molar-refractivity contribution in [2.75, 3.05) is 41.3 Å². The second kappa shape index (κ2) is 9.21. The molecule has 2 amide bonds. The van der Waals surface area contributed by atoms with Gasteiger partial charge in [-0.3, -0.25) is 5.32 Å². The number of nitrogens with zero attached hydrogens (tertiary/aromatic N) is 4. The van der Waals surface area contributed by atoms with E-state index in [9.17, 15) is 9.18 Å². The predicted octanol–water partition coefficient (Wildman–Crippen LogP) is 3.26. The van der Waals surface area contributed by atoms with Crippen molar-refractivity contribution >= 4 is 23.4 Å². The van der Waals surface area contributed by atoms with Gasteiger partial charge in [-0.05, 0) is 29.8 Å². The standard InChI is InChI=1S/C22H23FN6O/c23-18-8-6-17(7-9-18)15-24-22(30)27-20-14-21(26-16-25-20)29-12-10-28(11-13-29)19-4-2-1-3-5-19/h1-9,14,16H,10-13,15H2,(H2,24,25,26,27,30). The third kappa shape index (κ3) is 5.02. The van der Waals surface area contributed by atoms with Crippen LogP contribution >= 0.6 is 0 Å². The van der Waals surface area contributed by atoms with Crippen LogP contribution in [0.5, 0.6) is 0 Å². The fourth-order valence-electron chi connectivity index (χ4n) is 3.37. The van der Waals surface area contributed by atoms with Gasteiger partial charge in [0, 0.05) is 44.5 Å². The van der Waals surface area contributed by atoms with Crippen LogP contribution < -0.4 is 20.4 Å². The molecule has 30 heavy (non-hydrogen) atoms. The van der Waals surface area contributed by atoms with Crippen molar-refractivity contribution < 1.29 is 9.18 Å². The number of aromatic nitrogens is 2. The SMILES string of the molecule is O=C(NCc1ccc(F)cc1)Nc1cc(N2CCN(c3ccccc3)CC2)ncn1. The number of carbonyl (C=O) groups excluding carboxylic acids is 1. The first-order chi connectivity index (χ1) is 14.7. The first kappa shape index (κ1) is 19.6. The summed E-state index contributed by atoms with van der Waals surface area (Å²) in [6.45, 7) is 3.76. The van der Waals surface area contributed by atoms with E-state index in [0.717, 1.165) is 37.6 Å². The van der Waals surface area contributed by atoms with Crippen molar-refractivity contribution in [3.05, 3.63) is 78.4 Å². The van der Waals surface area contributed by atoms with Gasteiger partial charge in [-0.15, -0.1) is 0 Å². The van der Waals surface area contributed by atoms with Gasteiger partial charge in [0.25, 0.3) is 0 Å². The summed E-state index contributed by atoms with van der Waals surface area (Å²) in [4.78, 5) is 25.2. The lowest BCUT2D eigenvalue weighted by Crippen LogP contribution is -2.46. The molecule has 1 fully saturated rings. The summed E-state index contributed by atoms with van der Waals surface area (Å²) in [6.07, 6.45) is 1.45. The highest BCUT2D eigenvalue weighted by Crippen LogP contribution is 2.20. The number of benzene rings is 2. The lowest BCUT2D eigenvalue weighted by Gasteiger charge is -2.36. The van der Waals surface area contributed by atoms with E-state index in [1.165, 1.54) is 24.1 Å². The molecule has 3 aromatic rings. The molecule has 1 aliphatic heterocycles. The Bertz CT molecular complexity index is 974. The highest BCUT2D eigenvalue weighted by atomic mass is 19.1. The molecule has 0 aliphatic carbocycles. The fraction of sp³-hybridized carbons (Fsp3) is 0.227. The molecule has 154 valence electrons. The van der Waals surface area contributed by atoms with E-state index < -0.39 is 0 Å². The lowest BCUT2D eigenvalue weighted by molar-refractivity contribution is 0.251. The molecule has 4 rings (SSSR count). The molecule has 1 aromatic heterocycles. The number of hydrogen-bond acceptors (Lipinski definition) is 5. The van der Waals surface area contributed by atoms with Crippen molar-refractivity contribution in [2.45, 2.75) is 6.54 Å². The molecule has 2 N–H and O–H groups in total. The highest BCUT2D eigenvalue weighted by molar-refractivity contribution is 5.88. The largest absolute Gasteiger partial charge is 0.368 e. The van der Waals surface area contributed by atoms with E-state index in [1.54, 1.807) is 18.2 Å². The number of para-hydroxylation sites is 1. The molecule has 0 spiro atoms. The van der Waals surface area contributed by atoms with E-state index in [1.807, 2.05) is 18.2 Å². The zero-order valence-corrected chi connectivity index (χ0v) is 16.5. The summed E-state index contributed by atoms with van der Waals surface area (Å²) < 4.78 is 13.0. The number of anilines is 3. The molecule has 8 heteroatoms. The minimum absolute atomic E-state index is 0.297. The van der Waals surface area contributed by atoms with Gasteiger partial charge in [0.05, 0.1) is 0 Å². The Labute approximate surface area is 174 Å². The quantitative estimate of drug-likeness (QED) is 0.680. The molecule has 0 bridgehead atoms. The first-order valence-corrected chi connectivity index (χ1v) is 9.84. The number of amides is 2. The minimum atomic E-state index is -0.377. The van der Waals surface area contributed by atoms with E-state index in [2.05, 4.69) is 42.5 Å². The van der Waals surface area contributed by atoms with Gasteiger partial charge in [0.1, 0.15) is 23.8 Å². The van der Waals surface area contributed by atoms with Gasteiger partial charge >= 0.3 is 6.03 Å². The van der Waals surface area contributed by atoms with Gasteiger partial charge in [0.2, 0.25) is 0 Å². The Kier molecular flexibility index (Phi) is 6.03. The van der Waals surface area contributed by atoms with Crippen molar-refractivity contribution in [3.8, 4) is 0 Å². The number of nitrogens with one attached hydrogen (secondary N) is 2. The third-order valence-corrected chi connectivity index (χ3v) is 4.99. The predicted molar refractivity (Wildman–Crippen MR) is 115 cm³/mol. The fourth-order valence-corrected chi connectivity index (χ4v) is 3.37. The Morgan fingerprint density at radius 1 is 0.933 bits per heavy atom. The second-order valence-corrected chi connectivity index (χ2v) is 7.01. The number of hydrogen-bond donors (Lipinski definition) is 2. The van der Waals surface area contributed by atoms with Crippen LogP contribution in [0.25, 0.3) is 0 Å². The Morgan fingerprint density at radius 2 is 1.63 bits per heavy atom. The topological polar surface area (TPSA) is 73.4 Å². The normalized spacial score (nSPS) is 13.8. The van der Waals surface area contributed by atoms with Crippen LogP contribution in [0.4, 0.5) is 26.5 Å². The monoisotopic (exact) mass is 406 g/mol. The lowest BCUT2D eigenvalue weighted by atomic mass is 10.2. The zero-order valence-electron chi connectivity index (χ0n) is 16.5. The van der Waals surface area contributed by atoms with E-state index in [-0.39, 0.29) is 11.8 Å². The number of piperazine rings is 1. The third-order valence-electron chi connectivity index (χ3n) is 4.99. The number of rotatable bonds is 5. The van der Waals surface area contributed by atoms with Crippen molar-refractivity contribution in [3.63, 3.8) is 0 Å². The minimum Gasteiger partial charge on any atom is -0.368 e. The van der Waals surface area contributed by atoms with Crippen LogP contribution in [0.15, 0.2) is 67.0 Å². The molecular formula is C22H23FN6O. The van der Waals surface area contributed by atoms with Crippen LogP contribution in [0.1, 0.15) is 5.56 Å². The summed E-state index contributed by atoms with van der Waals surface area (Å²) in [5.41, 5.74) is 2.03. The maximum absolute atomic E-state index is 13.0. The summed E-state index contributed by atoms with van der Waals surface area (Å²) >= 11 is 0. The highest BCUT2D eigenvalue weighted by Gasteiger charge is 2.19. The zero-order chi connectivity index (χ0) is 20.8. The van der Waals surface area contributed by atoms with Gasteiger partial charge in [-0.2, -0.15) is 0 Å². The summed E-state index contributed by atoms with van der Waals surface area (Å²) in [6, 6.07) is 17.7. The molecular weight excluding hydrogens is 383 g/mol. The van der Waals surface area contributed by atoms with Gasteiger partial charge in [0.15, 0.2) is 0 Å². The molecule has 2 aromatic carbocycles. The van der Waals surface area contributed by atoms with Crippen molar-refractivity contribution in [2.24, 2.45) is 0 Å². The smallest absolute Gasteiger partial charge is 0.320 e. The molecule has 0 unspecified atom stereocenters. The molecule has 7 nitrogen and oxygen atoms in total. The summed E-state index contributed by atoms with van der Waals surface area (Å²) in [5, 5.41) is 5.46. The molecule has 0 atom stereocenters. The van der Waals surface area contributed by atoms with E-state index >= 15 is 0 Å². The molecule has 2 heterocycles. The average Bonchev–Trinajstić information content (AvgIpc) is 2.80. The van der Waals surface area contributed by atoms with E-state index in [0.29, 0.717) is 12.4 Å². The van der Waals surface area contributed by atoms with Gasteiger partial charge < -0.3 is 15.1 Å².